The minimum Gasteiger partial charge on any atom is -0.279 e. The zero-order valence-electron chi connectivity index (χ0n) is 14.1. The van der Waals surface area contributed by atoms with Crippen molar-refractivity contribution in [1.29, 1.82) is 0 Å². The molecule has 0 radical (unpaired) electrons. The Morgan fingerprint density at radius 1 is 0.833 bits per heavy atom. The fraction of sp³-hybridized carbons (Fsp3) is 0.136. The monoisotopic (exact) mass is 326 g/mol. The molecule has 0 N–H and O–H groups in total. The summed E-state index contributed by atoms with van der Waals surface area (Å²) < 4.78 is 0. The highest BCUT2D eigenvalue weighted by Gasteiger charge is 2.08. The van der Waals surface area contributed by atoms with Gasteiger partial charge in [-0.25, -0.2) is 0 Å². The molecule has 0 fully saturated rings. The molecule has 1 nitrogen and oxygen atoms in total. The van der Waals surface area contributed by atoms with E-state index in [2.05, 4.69) is 54.8 Å². The van der Waals surface area contributed by atoms with Gasteiger partial charge in [0, 0.05) is 16.7 Å². The van der Waals surface area contributed by atoms with Crippen LogP contribution in [0.2, 0.25) is 19.6 Å². The Labute approximate surface area is 145 Å². The molecule has 0 aliphatic heterocycles. The van der Waals surface area contributed by atoms with Crippen LogP contribution in [0.25, 0.3) is 0 Å². The fourth-order valence-corrected chi connectivity index (χ4v) is 2.26. The second kappa shape index (κ2) is 8.03. The highest BCUT2D eigenvalue weighted by atomic mass is 28.3. The molecule has 0 spiro atoms. The molecule has 0 amide bonds. The molecule has 0 heterocycles. The summed E-state index contributed by atoms with van der Waals surface area (Å²) in [5.41, 5.74) is 5.23. The van der Waals surface area contributed by atoms with E-state index in [0.717, 1.165) is 5.56 Å². The zero-order chi connectivity index (χ0) is 17.4. The molecular formula is C22H18OSi. The van der Waals surface area contributed by atoms with Crippen LogP contribution in [0.5, 0.6) is 0 Å². The number of benzene rings is 2. The van der Waals surface area contributed by atoms with E-state index >= 15 is 0 Å². The molecular weight excluding hydrogens is 308 g/mol. The van der Waals surface area contributed by atoms with Crippen molar-refractivity contribution in [2.24, 2.45) is 0 Å². The van der Waals surface area contributed by atoms with Crippen LogP contribution >= 0.6 is 0 Å². The van der Waals surface area contributed by atoms with Crippen LogP contribution < -0.4 is 0 Å². The minimum atomic E-state index is -1.47. The smallest absolute Gasteiger partial charge is 0.238 e. The molecule has 2 rings (SSSR count). The quantitative estimate of drug-likeness (QED) is 0.333. The maximum atomic E-state index is 12.3. The van der Waals surface area contributed by atoms with Gasteiger partial charge >= 0.3 is 0 Å². The van der Waals surface area contributed by atoms with Gasteiger partial charge in [-0.1, -0.05) is 61.8 Å². The van der Waals surface area contributed by atoms with E-state index < -0.39 is 8.07 Å². The fourth-order valence-electron chi connectivity index (χ4n) is 1.83. The van der Waals surface area contributed by atoms with Gasteiger partial charge in [0.2, 0.25) is 5.78 Å². The molecule has 2 aromatic carbocycles. The number of carbonyl (C=O) groups excluding carboxylic acids is 1. The normalized spacial score (nSPS) is 9.46. The first-order valence-corrected chi connectivity index (χ1v) is 11.2. The predicted molar refractivity (Wildman–Crippen MR) is 102 cm³/mol. The van der Waals surface area contributed by atoms with Gasteiger partial charge in [0.1, 0.15) is 8.07 Å². The third-order valence-electron chi connectivity index (χ3n) is 2.96. The summed E-state index contributed by atoms with van der Waals surface area (Å²) in [4.78, 5) is 12.3. The van der Waals surface area contributed by atoms with Crippen molar-refractivity contribution in [2.45, 2.75) is 19.6 Å². The first-order chi connectivity index (χ1) is 11.5. The number of hydrogen-bond acceptors (Lipinski definition) is 1. The molecule has 2 aromatic rings. The summed E-state index contributed by atoms with van der Waals surface area (Å²) in [5.74, 6) is 13.9. The molecule has 0 aliphatic carbocycles. The second-order valence-corrected chi connectivity index (χ2v) is 11.0. The Hall–Kier alpha value is -2.99. The van der Waals surface area contributed by atoms with E-state index in [0.29, 0.717) is 11.1 Å². The van der Waals surface area contributed by atoms with E-state index in [1.54, 1.807) is 6.07 Å². The average molecular weight is 326 g/mol. The van der Waals surface area contributed by atoms with Crippen molar-refractivity contribution in [2.75, 3.05) is 0 Å². The van der Waals surface area contributed by atoms with E-state index in [1.165, 1.54) is 0 Å². The van der Waals surface area contributed by atoms with E-state index in [1.807, 2.05) is 48.5 Å². The molecule has 0 atom stereocenters. The molecule has 0 aromatic heterocycles. The van der Waals surface area contributed by atoms with Gasteiger partial charge in [-0.2, -0.15) is 0 Å². The molecule has 24 heavy (non-hydrogen) atoms. The van der Waals surface area contributed by atoms with Gasteiger partial charge in [-0.3, -0.25) is 4.79 Å². The van der Waals surface area contributed by atoms with E-state index in [4.69, 9.17) is 0 Å². The summed E-state index contributed by atoms with van der Waals surface area (Å²) in [7, 11) is -1.47. The molecule has 0 bridgehead atoms. The third-order valence-corrected chi connectivity index (χ3v) is 3.84. The van der Waals surface area contributed by atoms with Gasteiger partial charge in [-0.15, -0.1) is 5.54 Å². The topological polar surface area (TPSA) is 17.1 Å². The van der Waals surface area contributed by atoms with E-state index in [-0.39, 0.29) is 5.78 Å². The number of hydrogen-bond donors (Lipinski definition) is 0. The van der Waals surface area contributed by atoms with Crippen molar-refractivity contribution in [3.63, 3.8) is 0 Å². The lowest BCUT2D eigenvalue weighted by Crippen LogP contribution is -2.16. The highest BCUT2D eigenvalue weighted by Crippen LogP contribution is 2.08. The summed E-state index contributed by atoms with van der Waals surface area (Å²) in [6.45, 7) is 6.41. The van der Waals surface area contributed by atoms with Gasteiger partial charge in [0.25, 0.3) is 0 Å². The molecule has 0 aliphatic rings. The third kappa shape index (κ3) is 5.66. The van der Waals surface area contributed by atoms with Crippen molar-refractivity contribution in [3.05, 3.63) is 71.3 Å². The number of ketones is 1. The summed E-state index contributed by atoms with van der Waals surface area (Å²) in [6.07, 6.45) is 0. The number of rotatable bonds is 1. The van der Waals surface area contributed by atoms with Crippen LogP contribution in [0.1, 0.15) is 21.5 Å². The number of Topliss-reactive ketones (excluding diaryl/α,β-unsaturated/α-hetero) is 1. The molecule has 116 valence electrons. The van der Waals surface area contributed by atoms with Crippen LogP contribution in [-0.4, -0.2) is 13.9 Å². The zero-order valence-corrected chi connectivity index (χ0v) is 15.1. The maximum Gasteiger partial charge on any atom is 0.238 e. The lowest BCUT2D eigenvalue weighted by molar-refractivity contribution is 0.105. The van der Waals surface area contributed by atoms with Gasteiger partial charge in [0.05, 0.1) is 0 Å². The Kier molecular flexibility index (Phi) is 5.81. The Morgan fingerprint density at radius 3 is 2.21 bits per heavy atom. The Bertz CT molecular complexity index is 915. The van der Waals surface area contributed by atoms with Crippen molar-refractivity contribution in [1.82, 2.24) is 0 Å². The first-order valence-electron chi connectivity index (χ1n) is 7.69. The van der Waals surface area contributed by atoms with Crippen LogP contribution in [0.4, 0.5) is 0 Å². The van der Waals surface area contributed by atoms with Crippen molar-refractivity contribution in [3.8, 4) is 35.1 Å². The molecule has 0 unspecified atom stereocenters. The number of carbonyl (C=O) groups is 1. The van der Waals surface area contributed by atoms with Crippen LogP contribution in [0.15, 0.2) is 54.6 Å². The van der Waals surface area contributed by atoms with Crippen LogP contribution in [-0.2, 0) is 0 Å². The molecule has 2 heteroatoms. The van der Waals surface area contributed by atoms with Gasteiger partial charge < -0.3 is 0 Å². The molecule has 0 saturated heterocycles. The lowest BCUT2D eigenvalue weighted by Gasteiger charge is -2.01. The van der Waals surface area contributed by atoms with Crippen molar-refractivity contribution >= 4 is 13.9 Å². The Balaban J connectivity index is 2.26. The largest absolute Gasteiger partial charge is 0.279 e. The summed E-state index contributed by atoms with van der Waals surface area (Å²) >= 11 is 0. The standard InChI is InChI=1S/C22H18OSi/c1-24(2,3)18-10-9-15-22(23)21-14-8-7-13-20(21)17-16-19-11-5-4-6-12-19/h4-8,11-14H,1-3H3. The predicted octanol–water partition coefficient (Wildman–Crippen LogP) is 4.15. The Morgan fingerprint density at radius 2 is 1.50 bits per heavy atom. The summed E-state index contributed by atoms with van der Waals surface area (Å²) in [6, 6.07) is 16.9. The van der Waals surface area contributed by atoms with Crippen molar-refractivity contribution < 1.29 is 4.79 Å². The first kappa shape index (κ1) is 17.4. The molecule has 0 saturated carbocycles. The van der Waals surface area contributed by atoms with Gasteiger partial charge in [0.15, 0.2) is 0 Å². The highest BCUT2D eigenvalue weighted by molar-refractivity contribution is 6.83. The van der Waals surface area contributed by atoms with Gasteiger partial charge in [-0.05, 0) is 42.0 Å². The van der Waals surface area contributed by atoms with E-state index in [9.17, 15) is 4.79 Å². The lowest BCUT2D eigenvalue weighted by atomic mass is 10.0. The van der Waals surface area contributed by atoms with Crippen LogP contribution in [0.3, 0.4) is 0 Å². The second-order valence-electron chi connectivity index (χ2n) is 6.24. The maximum absolute atomic E-state index is 12.3. The average Bonchev–Trinajstić information content (AvgIpc) is 2.57. The van der Waals surface area contributed by atoms with Crippen LogP contribution in [0, 0.1) is 35.1 Å². The summed E-state index contributed by atoms with van der Waals surface area (Å²) in [5, 5.41) is 0. The minimum absolute atomic E-state index is 0.252. The SMILES string of the molecule is C[Si](C)(C)C#CC#CC(=O)c1ccccc1C#Cc1ccccc1.